The Morgan fingerprint density at radius 2 is 2.03 bits per heavy atom. The number of aromatic nitrogens is 2. The third kappa shape index (κ3) is 7.27. The van der Waals surface area contributed by atoms with E-state index in [2.05, 4.69) is 21.9 Å². The molecule has 1 aromatic carbocycles. The van der Waals surface area contributed by atoms with Crippen molar-refractivity contribution in [3.8, 4) is 11.3 Å². The molecule has 1 aromatic heterocycles. The smallest absolute Gasteiger partial charge is 0.408 e. The minimum atomic E-state index is -0.783. The number of alkyl carbamates (subject to hydrolysis) is 1. The Morgan fingerprint density at radius 3 is 2.65 bits per heavy atom. The van der Waals surface area contributed by atoms with Crippen LogP contribution in [0.2, 0.25) is 0 Å². The number of rotatable bonds is 10. The highest BCUT2D eigenvalue weighted by Crippen LogP contribution is 2.27. The zero-order valence-electron chi connectivity index (χ0n) is 18.8. The number of hydrogen-bond donors (Lipinski definition) is 3. The van der Waals surface area contributed by atoms with Gasteiger partial charge in [0.25, 0.3) is 0 Å². The third-order valence-corrected chi connectivity index (χ3v) is 4.78. The van der Waals surface area contributed by atoms with Crippen molar-refractivity contribution in [3.05, 3.63) is 54.5 Å². The van der Waals surface area contributed by atoms with E-state index in [1.54, 1.807) is 33.0 Å². The molecule has 2 atom stereocenters. The van der Waals surface area contributed by atoms with Crippen molar-refractivity contribution in [2.75, 3.05) is 0 Å². The van der Waals surface area contributed by atoms with Crippen molar-refractivity contribution in [2.24, 2.45) is 5.92 Å². The van der Waals surface area contributed by atoms with Crippen LogP contribution in [0.25, 0.3) is 11.3 Å². The van der Waals surface area contributed by atoms with E-state index in [4.69, 9.17) is 4.74 Å². The molecular formula is C24H33N3O4. The number of carboxylic acids is 1. The summed E-state index contributed by atoms with van der Waals surface area (Å²) in [7, 11) is 0. The van der Waals surface area contributed by atoms with Crippen LogP contribution in [0.1, 0.15) is 64.4 Å². The van der Waals surface area contributed by atoms with E-state index >= 15 is 0 Å². The maximum absolute atomic E-state index is 12.2. The first-order valence-electron chi connectivity index (χ1n) is 10.6. The second-order valence-corrected chi connectivity index (χ2v) is 8.59. The average Bonchev–Trinajstić information content (AvgIpc) is 3.16. The van der Waals surface area contributed by atoms with Crippen molar-refractivity contribution in [3.63, 3.8) is 0 Å². The molecule has 1 unspecified atom stereocenters. The number of carbonyl (C=O) groups excluding carboxylic acids is 1. The number of nitrogens with zero attached hydrogens (tertiary/aromatic N) is 1. The molecule has 0 fully saturated rings. The fraction of sp³-hybridized carbons (Fsp3) is 0.458. The van der Waals surface area contributed by atoms with Gasteiger partial charge >= 0.3 is 12.1 Å². The quantitative estimate of drug-likeness (QED) is 0.449. The summed E-state index contributed by atoms with van der Waals surface area (Å²) < 4.78 is 5.35. The van der Waals surface area contributed by atoms with Gasteiger partial charge in [0.1, 0.15) is 11.4 Å². The first-order valence-corrected chi connectivity index (χ1v) is 10.6. The summed E-state index contributed by atoms with van der Waals surface area (Å²) in [4.78, 5) is 31.6. The minimum absolute atomic E-state index is 0.417. The van der Waals surface area contributed by atoms with Crippen molar-refractivity contribution in [2.45, 2.75) is 65.0 Å². The van der Waals surface area contributed by atoms with Crippen molar-refractivity contribution in [1.29, 1.82) is 0 Å². The summed E-state index contributed by atoms with van der Waals surface area (Å²) in [6.45, 7) is 11.2. The normalized spacial score (nSPS) is 13.3. The van der Waals surface area contributed by atoms with Gasteiger partial charge in [-0.05, 0) is 45.6 Å². The van der Waals surface area contributed by atoms with Crippen molar-refractivity contribution >= 4 is 12.1 Å². The van der Waals surface area contributed by atoms with E-state index in [-0.39, 0.29) is 0 Å². The fourth-order valence-corrected chi connectivity index (χ4v) is 3.39. The summed E-state index contributed by atoms with van der Waals surface area (Å²) in [5, 5.41) is 12.4. The summed E-state index contributed by atoms with van der Waals surface area (Å²) in [5.74, 6) is -0.635. The molecule has 0 bridgehead atoms. The predicted molar refractivity (Wildman–Crippen MR) is 121 cm³/mol. The molecule has 3 N–H and O–H groups in total. The Bertz CT molecular complexity index is 898. The van der Waals surface area contributed by atoms with E-state index in [9.17, 15) is 14.7 Å². The molecule has 0 aliphatic heterocycles. The van der Waals surface area contributed by atoms with Gasteiger partial charge in [-0.3, -0.25) is 4.79 Å². The highest BCUT2D eigenvalue weighted by molar-refractivity contribution is 5.72. The average molecular weight is 428 g/mol. The second-order valence-electron chi connectivity index (χ2n) is 8.59. The summed E-state index contributed by atoms with van der Waals surface area (Å²) in [6, 6.07) is 7.30. The molecule has 2 aromatic rings. The molecular weight excluding hydrogens is 394 g/mol. The van der Waals surface area contributed by atoms with Gasteiger partial charge in [-0.15, -0.1) is 6.58 Å². The maximum atomic E-state index is 12.2. The molecule has 0 aliphatic rings. The highest BCUT2D eigenvalue weighted by atomic mass is 16.6. The van der Waals surface area contributed by atoms with Gasteiger partial charge in [-0.25, -0.2) is 9.78 Å². The molecule has 0 aliphatic carbocycles. The monoisotopic (exact) mass is 427 g/mol. The predicted octanol–water partition coefficient (Wildman–Crippen LogP) is 5.26. The molecule has 0 radical (unpaired) electrons. The van der Waals surface area contributed by atoms with Gasteiger partial charge < -0.3 is 20.1 Å². The van der Waals surface area contributed by atoms with E-state index in [1.165, 1.54) is 0 Å². The minimum Gasteiger partial charge on any atom is -0.481 e. The molecule has 0 saturated heterocycles. The number of carboxylic acid groups (broad SMARTS) is 1. The van der Waals surface area contributed by atoms with Crippen molar-refractivity contribution < 1.29 is 19.4 Å². The molecule has 168 valence electrons. The fourth-order valence-electron chi connectivity index (χ4n) is 3.39. The van der Waals surface area contributed by atoms with Crippen LogP contribution >= 0.6 is 0 Å². The number of hydrogen-bond acceptors (Lipinski definition) is 4. The first kappa shape index (κ1) is 24.2. The maximum Gasteiger partial charge on any atom is 0.408 e. The Hall–Kier alpha value is -3.09. The van der Waals surface area contributed by atoms with Crippen LogP contribution in [-0.4, -0.2) is 32.7 Å². The number of imidazole rings is 1. The Balaban J connectivity index is 2.27. The second kappa shape index (κ2) is 10.8. The molecule has 0 spiro atoms. The number of nitrogens with one attached hydrogen (secondary N) is 2. The number of aliphatic carboxylic acids is 1. The number of H-pyrrole nitrogens is 1. The number of ether oxygens (including phenoxy) is 1. The number of benzene rings is 1. The molecule has 2 rings (SSSR count). The SMILES string of the molecule is C=CC[C@H](NC(=O)OC(C)(C)C)c1ncc(-c2ccccc2CC(CCC)C(=O)O)[nH]1. The molecule has 1 heterocycles. The number of aromatic amines is 1. The molecule has 1 amide bonds. The zero-order valence-corrected chi connectivity index (χ0v) is 18.8. The van der Waals surface area contributed by atoms with Gasteiger partial charge in [0.2, 0.25) is 0 Å². The van der Waals surface area contributed by atoms with Crippen LogP contribution in [0.4, 0.5) is 4.79 Å². The van der Waals surface area contributed by atoms with Gasteiger partial charge in [0.05, 0.1) is 23.9 Å². The largest absolute Gasteiger partial charge is 0.481 e. The number of amides is 1. The van der Waals surface area contributed by atoms with Crippen LogP contribution in [-0.2, 0) is 16.0 Å². The topological polar surface area (TPSA) is 104 Å². The molecule has 7 nitrogen and oxygen atoms in total. The van der Waals surface area contributed by atoms with Gasteiger partial charge in [-0.2, -0.15) is 0 Å². The van der Waals surface area contributed by atoms with Crippen molar-refractivity contribution in [1.82, 2.24) is 15.3 Å². The standard InChI is InChI=1S/C24H33N3O4/c1-6-10-17(22(28)29)14-16-12-8-9-13-18(16)20-15-25-21(26-20)19(11-7-2)27-23(30)31-24(3,4)5/h7-9,12-13,15,17,19H,2,6,10-11,14H2,1,3-5H3,(H,25,26)(H,27,30)(H,28,29)/t17?,19-/m0/s1. The van der Waals surface area contributed by atoms with Crippen LogP contribution in [0.5, 0.6) is 0 Å². The van der Waals surface area contributed by atoms with E-state index in [1.807, 2.05) is 31.2 Å². The zero-order chi connectivity index (χ0) is 23.0. The van der Waals surface area contributed by atoms with E-state index in [0.29, 0.717) is 25.1 Å². The summed E-state index contributed by atoms with van der Waals surface area (Å²) in [5.41, 5.74) is 2.01. The highest BCUT2D eigenvalue weighted by Gasteiger charge is 2.23. The molecule has 7 heteroatoms. The summed E-state index contributed by atoms with van der Waals surface area (Å²) >= 11 is 0. The lowest BCUT2D eigenvalue weighted by atomic mass is 9.91. The lowest BCUT2D eigenvalue weighted by Gasteiger charge is -2.22. The van der Waals surface area contributed by atoms with E-state index < -0.39 is 29.6 Å². The molecule has 31 heavy (non-hydrogen) atoms. The third-order valence-electron chi connectivity index (χ3n) is 4.78. The Labute approximate surface area is 183 Å². The van der Waals surface area contributed by atoms with E-state index in [0.717, 1.165) is 23.2 Å². The lowest BCUT2D eigenvalue weighted by molar-refractivity contribution is -0.141. The van der Waals surface area contributed by atoms with Crippen LogP contribution in [0, 0.1) is 5.92 Å². The van der Waals surface area contributed by atoms with Gasteiger partial charge in [0.15, 0.2) is 0 Å². The Morgan fingerprint density at radius 1 is 1.32 bits per heavy atom. The first-order chi connectivity index (χ1) is 14.6. The van der Waals surface area contributed by atoms with Crippen LogP contribution in [0.15, 0.2) is 43.1 Å². The Kier molecular flexibility index (Phi) is 8.42. The number of carbonyl (C=O) groups is 2. The van der Waals surface area contributed by atoms with Crippen LogP contribution in [0.3, 0.4) is 0 Å². The lowest BCUT2D eigenvalue weighted by Crippen LogP contribution is -2.35. The van der Waals surface area contributed by atoms with Crippen LogP contribution < -0.4 is 5.32 Å². The van der Waals surface area contributed by atoms with Gasteiger partial charge in [-0.1, -0.05) is 43.7 Å². The molecule has 0 saturated carbocycles. The summed E-state index contributed by atoms with van der Waals surface area (Å²) in [6.07, 6.45) is 5.25. The van der Waals surface area contributed by atoms with Gasteiger partial charge in [0, 0.05) is 5.56 Å².